The van der Waals surface area contributed by atoms with E-state index in [9.17, 15) is 4.79 Å². The Morgan fingerprint density at radius 3 is 2.48 bits per heavy atom. The molecule has 0 bridgehead atoms. The van der Waals surface area contributed by atoms with Gasteiger partial charge < -0.3 is 14.8 Å². The van der Waals surface area contributed by atoms with Crippen LogP contribution in [0.2, 0.25) is 0 Å². The second-order valence-corrected chi connectivity index (χ2v) is 7.01. The van der Waals surface area contributed by atoms with E-state index in [1.54, 1.807) is 13.8 Å². The third-order valence-electron chi connectivity index (χ3n) is 4.26. The fourth-order valence-corrected chi connectivity index (χ4v) is 2.76. The molecule has 0 fully saturated rings. The van der Waals surface area contributed by atoms with Crippen molar-refractivity contribution in [3.63, 3.8) is 0 Å². The number of rotatable bonds is 10. The van der Waals surface area contributed by atoms with Crippen molar-refractivity contribution < 1.29 is 14.3 Å². The third kappa shape index (κ3) is 7.04. The Kier molecular flexibility index (Phi) is 7.89. The lowest BCUT2D eigenvalue weighted by molar-refractivity contribution is -0.115. The Morgan fingerprint density at radius 2 is 1.71 bits per heavy atom. The zero-order chi connectivity index (χ0) is 22.1. The number of nitrogens with one attached hydrogen (secondary N) is 2. The minimum atomic E-state index is -0.149. The molecule has 1 heterocycles. The molecular weight excluding hydrogens is 394 g/mol. The molecule has 1 atom stereocenters. The Morgan fingerprint density at radius 1 is 1.00 bits per heavy atom. The molecule has 0 saturated heterocycles. The first-order chi connectivity index (χ1) is 15.0. The molecular formula is C23H27N5O3. The third-order valence-corrected chi connectivity index (χ3v) is 4.26. The normalized spacial score (nSPS) is 11.6. The molecule has 162 valence electrons. The average Bonchev–Trinajstić information content (AvgIpc) is 2.75. The number of hydrogen-bond donors (Lipinski definition) is 2. The van der Waals surface area contributed by atoms with Crippen LogP contribution in [0, 0.1) is 6.92 Å². The maximum atomic E-state index is 11.6. The molecule has 1 aromatic heterocycles. The lowest BCUT2D eigenvalue weighted by Crippen LogP contribution is -2.24. The SMILES string of the molecule is CCC(=O)Nc1nc(C)nc(NC(C)COCc2ccccc2Oc2ccccc2)n1. The zero-order valence-corrected chi connectivity index (χ0v) is 18.0. The molecule has 0 aliphatic heterocycles. The summed E-state index contributed by atoms with van der Waals surface area (Å²) >= 11 is 0. The number of hydrogen-bond acceptors (Lipinski definition) is 7. The van der Waals surface area contributed by atoms with Gasteiger partial charge in [-0.1, -0.05) is 43.3 Å². The van der Waals surface area contributed by atoms with Crippen LogP contribution in [-0.2, 0) is 16.1 Å². The monoisotopic (exact) mass is 421 g/mol. The smallest absolute Gasteiger partial charge is 0.234 e. The van der Waals surface area contributed by atoms with E-state index in [0.29, 0.717) is 31.4 Å². The van der Waals surface area contributed by atoms with Crippen molar-refractivity contribution in [2.45, 2.75) is 39.8 Å². The van der Waals surface area contributed by atoms with E-state index in [4.69, 9.17) is 9.47 Å². The Hall–Kier alpha value is -3.52. The van der Waals surface area contributed by atoms with E-state index in [-0.39, 0.29) is 17.9 Å². The average molecular weight is 422 g/mol. The number of carbonyl (C=O) groups excluding carboxylic acids is 1. The van der Waals surface area contributed by atoms with Crippen molar-refractivity contribution in [2.75, 3.05) is 17.2 Å². The first-order valence-corrected chi connectivity index (χ1v) is 10.2. The van der Waals surface area contributed by atoms with Crippen LogP contribution in [-0.4, -0.2) is 33.5 Å². The number of carbonyl (C=O) groups is 1. The number of anilines is 2. The van der Waals surface area contributed by atoms with E-state index >= 15 is 0 Å². The molecule has 8 heteroatoms. The molecule has 8 nitrogen and oxygen atoms in total. The highest BCUT2D eigenvalue weighted by atomic mass is 16.5. The number of ether oxygens (including phenoxy) is 2. The topological polar surface area (TPSA) is 98.3 Å². The maximum absolute atomic E-state index is 11.6. The van der Waals surface area contributed by atoms with Crippen molar-refractivity contribution in [3.05, 3.63) is 66.0 Å². The van der Waals surface area contributed by atoms with Crippen LogP contribution < -0.4 is 15.4 Å². The van der Waals surface area contributed by atoms with Crippen LogP contribution in [0.1, 0.15) is 31.7 Å². The molecule has 2 N–H and O–H groups in total. The van der Waals surface area contributed by atoms with Crippen molar-refractivity contribution in [3.8, 4) is 11.5 Å². The van der Waals surface area contributed by atoms with Crippen LogP contribution in [0.5, 0.6) is 11.5 Å². The number of amides is 1. The standard InChI is InChI=1S/C23H27N5O3/c1-4-21(29)27-23-26-17(3)25-22(28-23)24-16(2)14-30-15-18-10-8-9-13-20(18)31-19-11-6-5-7-12-19/h5-13,16H,4,14-15H2,1-3H3,(H2,24,25,26,27,28,29). The van der Waals surface area contributed by atoms with Crippen LogP contribution in [0.15, 0.2) is 54.6 Å². The van der Waals surface area contributed by atoms with Gasteiger partial charge >= 0.3 is 0 Å². The molecule has 0 aliphatic carbocycles. The summed E-state index contributed by atoms with van der Waals surface area (Å²) in [5, 5.41) is 5.84. The summed E-state index contributed by atoms with van der Waals surface area (Å²) < 4.78 is 11.9. The van der Waals surface area contributed by atoms with Crippen LogP contribution in [0.4, 0.5) is 11.9 Å². The Bertz CT molecular complexity index is 998. The molecule has 31 heavy (non-hydrogen) atoms. The predicted molar refractivity (Wildman–Crippen MR) is 119 cm³/mol. The van der Waals surface area contributed by atoms with Gasteiger partial charge in [-0.3, -0.25) is 10.1 Å². The lowest BCUT2D eigenvalue weighted by atomic mass is 10.2. The second-order valence-electron chi connectivity index (χ2n) is 7.01. The van der Waals surface area contributed by atoms with E-state index in [0.717, 1.165) is 17.1 Å². The molecule has 0 aliphatic rings. The van der Waals surface area contributed by atoms with Crippen LogP contribution in [0.25, 0.3) is 0 Å². The summed E-state index contributed by atoms with van der Waals surface area (Å²) in [5.74, 6) is 2.54. The van der Waals surface area contributed by atoms with Crippen molar-refractivity contribution in [2.24, 2.45) is 0 Å². The van der Waals surface area contributed by atoms with Gasteiger partial charge in [0, 0.05) is 18.0 Å². The Balaban J connectivity index is 1.54. The number of nitrogens with zero attached hydrogens (tertiary/aromatic N) is 3. The zero-order valence-electron chi connectivity index (χ0n) is 18.0. The summed E-state index contributed by atoms with van der Waals surface area (Å²) in [6.07, 6.45) is 0.354. The van der Waals surface area contributed by atoms with Crippen molar-refractivity contribution >= 4 is 17.8 Å². The Labute approximate surface area is 182 Å². The quantitative estimate of drug-likeness (QED) is 0.502. The van der Waals surface area contributed by atoms with Gasteiger partial charge in [-0.15, -0.1) is 0 Å². The first-order valence-electron chi connectivity index (χ1n) is 10.2. The van der Waals surface area contributed by atoms with E-state index in [1.807, 2.05) is 61.5 Å². The van der Waals surface area contributed by atoms with E-state index in [2.05, 4.69) is 25.6 Å². The van der Waals surface area contributed by atoms with Gasteiger partial charge in [-0.25, -0.2) is 0 Å². The highest BCUT2D eigenvalue weighted by Crippen LogP contribution is 2.25. The molecule has 0 spiro atoms. The number of para-hydroxylation sites is 2. The largest absolute Gasteiger partial charge is 0.457 e. The van der Waals surface area contributed by atoms with E-state index in [1.165, 1.54) is 0 Å². The number of benzene rings is 2. The van der Waals surface area contributed by atoms with Gasteiger partial charge in [0.2, 0.25) is 17.8 Å². The van der Waals surface area contributed by atoms with E-state index < -0.39 is 0 Å². The fraction of sp³-hybridized carbons (Fsp3) is 0.304. The molecule has 3 aromatic rings. The second kappa shape index (κ2) is 11.0. The van der Waals surface area contributed by atoms with Gasteiger partial charge in [0.05, 0.1) is 13.2 Å². The van der Waals surface area contributed by atoms with Gasteiger partial charge in [-0.05, 0) is 32.0 Å². The molecule has 0 saturated carbocycles. The summed E-state index contributed by atoms with van der Waals surface area (Å²) in [4.78, 5) is 24.2. The van der Waals surface area contributed by atoms with Gasteiger partial charge in [-0.2, -0.15) is 15.0 Å². The van der Waals surface area contributed by atoms with Gasteiger partial charge in [0.15, 0.2) is 0 Å². The molecule has 1 unspecified atom stereocenters. The van der Waals surface area contributed by atoms with Gasteiger partial charge in [0.25, 0.3) is 0 Å². The first kappa shape index (κ1) is 22.2. The summed E-state index contributed by atoms with van der Waals surface area (Å²) in [6.45, 7) is 6.32. The minimum absolute atomic E-state index is 0.0567. The lowest BCUT2D eigenvalue weighted by Gasteiger charge is -2.16. The predicted octanol–water partition coefficient (Wildman–Crippen LogP) is 4.34. The highest BCUT2D eigenvalue weighted by Gasteiger charge is 2.11. The maximum Gasteiger partial charge on any atom is 0.234 e. The number of aryl methyl sites for hydroxylation is 1. The van der Waals surface area contributed by atoms with Crippen LogP contribution in [0.3, 0.4) is 0 Å². The fourth-order valence-electron chi connectivity index (χ4n) is 2.76. The molecule has 0 radical (unpaired) electrons. The molecule has 1 amide bonds. The minimum Gasteiger partial charge on any atom is -0.457 e. The number of aromatic nitrogens is 3. The van der Waals surface area contributed by atoms with Crippen LogP contribution >= 0.6 is 0 Å². The highest BCUT2D eigenvalue weighted by molar-refractivity contribution is 5.88. The summed E-state index contributed by atoms with van der Waals surface area (Å²) in [6, 6.07) is 17.4. The summed E-state index contributed by atoms with van der Waals surface area (Å²) in [5.41, 5.74) is 0.958. The van der Waals surface area contributed by atoms with Crippen molar-refractivity contribution in [1.29, 1.82) is 0 Å². The van der Waals surface area contributed by atoms with Crippen molar-refractivity contribution in [1.82, 2.24) is 15.0 Å². The summed E-state index contributed by atoms with van der Waals surface area (Å²) in [7, 11) is 0. The molecule has 2 aromatic carbocycles. The molecule has 3 rings (SSSR count). The van der Waals surface area contributed by atoms with Gasteiger partial charge in [0.1, 0.15) is 17.3 Å².